The first-order valence-corrected chi connectivity index (χ1v) is 9.13. The van der Waals surface area contributed by atoms with Crippen molar-refractivity contribution in [2.45, 2.75) is 50.8 Å². The standard InChI is InChI=1S/C12H20BrNO2S2/c1-5-8(2)6-10(4)14-18(15,16)11-7-9(3)12(13)17-11/h7-8,10,14H,5-6H2,1-4H3. The molecule has 0 aliphatic rings. The quantitative estimate of drug-likeness (QED) is 0.842. The number of thiophene rings is 1. The first kappa shape index (κ1) is 16.1. The van der Waals surface area contributed by atoms with E-state index in [2.05, 4.69) is 34.5 Å². The molecule has 6 heteroatoms. The smallest absolute Gasteiger partial charge is 0.208 e. The third-order valence-corrected chi connectivity index (χ3v) is 7.11. The van der Waals surface area contributed by atoms with Gasteiger partial charge in [-0.2, -0.15) is 0 Å². The largest absolute Gasteiger partial charge is 0.250 e. The molecule has 1 rings (SSSR count). The molecule has 0 aliphatic carbocycles. The Morgan fingerprint density at radius 2 is 2.06 bits per heavy atom. The maximum absolute atomic E-state index is 12.2. The van der Waals surface area contributed by atoms with Gasteiger partial charge in [0.1, 0.15) is 4.21 Å². The molecule has 18 heavy (non-hydrogen) atoms. The van der Waals surface area contributed by atoms with Crippen molar-refractivity contribution in [1.82, 2.24) is 4.72 Å². The van der Waals surface area contributed by atoms with Crippen LogP contribution in [-0.2, 0) is 10.0 Å². The summed E-state index contributed by atoms with van der Waals surface area (Å²) in [5, 5.41) is 0. The lowest BCUT2D eigenvalue weighted by molar-refractivity contribution is 0.446. The molecule has 0 spiro atoms. The fourth-order valence-corrected chi connectivity index (χ4v) is 5.20. The van der Waals surface area contributed by atoms with E-state index in [4.69, 9.17) is 0 Å². The average molecular weight is 354 g/mol. The Bertz CT molecular complexity index is 477. The van der Waals surface area contributed by atoms with Crippen molar-refractivity contribution in [2.75, 3.05) is 0 Å². The average Bonchev–Trinajstić information content (AvgIpc) is 2.59. The lowest BCUT2D eigenvalue weighted by Crippen LogP contribution is -2.33. The van der Waals surface area contributed by atoms with E-state index in [-0.39, 0.29) is 6.04 Å². The van der Waals surface area contributed by atoms with Crippen LogP contribution in [0.1, 0.15) is 39.2 Å². The molecule has 1 aromatic heterocycles. The van der Waals surface area contributed by atoms with Gasteiger partial charge in [0.05, 0.1) is 3.79 Å². The van der Waals surface area contributed by atoms with Gasteiger partial charge in [-0.05, 0) is 53.7 Å². The van der Waals surface area contributed by atoms with Gasteiger partial charge in [0.2, 0.25) is 10.0 Å². The normalized spacial score (nSPS) is 15.6. The molecular weight excluding hydrogens is 334 g/mol. The molecule has 3 nitrogen and oxygen atoms in total. The number of aryl methyl sites for hydroxylation is 1. The lowest BCUT2D eigenvalue weighted by atomic mass is 10.0. The molecule has 0 fully saturated rings. The van der Waals surface area contributed by atoms with Gasteiger partial charge >= 0.3 is 0 Å². The zero-order valence-electron chi connectivity index (χ0n) is 11.2. The highest BCUT2D eigenvalue weighted by Gasteiger charge is 2.21. The van der Waals surface area contributed by atoms with Crippen molar-refractivity contribution in [3.8, 4) is 0 Å². The van der Waals surface area contributed by atoms with Crippen LogP contribution < -0.4 is 4.72 Å². The number of rotatable bonds is 6. The van der Waals surface area contributed by atoms with Gasteiger partial charge in [-0.3, -0.25) is 0 Å². The lowest BCUT2D eigenvalue weighted by Gasteiger charge is -2.16. The van der Waals surface area contributed by atoms with E-state index < -0.39 is 10.0 Å². The molecule has 0 saturated carbocycles. The highest BCUT2D eigenvalue weighted by molar-refractivity contribution is 9.11. The molecule has 0 radical (unpaired) electrons. The maximum atomic E-state index is 12.2. The van der Waals surface area contributed by atoms with Gasteiger partial charge in [0.15, 0.2) is 0 Å². The van der Waals surface area contributed by atoms with Crippen molar-refractivity contribution in [2.24, 2.45) is 5.92 Å². The monoisotopic (exact) mass is 353 g/mol. The molecule has 0 aliphatic heterocycles. The zero-order valence-corrected chi connectivity index (χ0v) is 14.4. The summed E-state index contributed by atoms with van der Waals surface area (Å²) >= 11 is 4.61. The highest BCUT2D eigenvalue weighted by Crippen LogP contribution is 2.30. The molecule has 0 aromatic carbocycles. The zero-order chi connectivity index (χ0) is 13.9. The summed E-state index contributed by atoms with van der Waals surface area (Å²) in [6.07, 6.45) is 1.93. The van der Waals surface area contributed by atoms with E-state index in [0.29, 0.717) is 10.1 Å². The van der Waals surface area contributed by atoms with E-state index in [9.17, 15) is 8.42 Å². The summed E-state index contributed by atoms with van der Waals surface area (Å²) in [5.74, 6) is 0.527. The topological polar surface area (TPSA) is 46.2 Å². The van der Waals surface area contributed by atoms with Crippen LogP contribution in [0.4, 0.5) is 0 Å². The van der Waals surface area contributed by atoms with Crippen LogP contribution in [0.25, 0.3) is 0 Å². The SMILES string of the molecule is CCC(C)CC(C)NS(=O)(=O)c1cc(C)c(Br)s1. The van der Waals surface area contributed by atoms with Crippen LogP contribution >= 0.6 is 27.3 Å². The van der Waals surface area contributed by atoms with Gasteiger partial charge < -0.3 is 0 Å². The van der Waals surface area contributed by atoms with Gasteiger partial charge in [-0.25, -0.2) is 13.1 Å². The molecule has 0 amide bonds. The summed E-state index contributed by atoms with van der Waals surface area (Å²) < 4.78 is 28.3. The van der Waals surface area contributed by atoms with Crippen LogP contribution in [0.3, 0.4) is 0 Å². The summed E-state index contributed by atoms with van der Waals surface area (Å²) in [4.78, 5) is 0. The Balaban J connectivity index is 2.76. The Labute approximate surface area is 122 Å². The van der Waals surface area contributed by atoms with E-state index in [1.807, 2.05) is 13.8 Å². The van der Waals surface area contributed by atoms with Gasteiger partial charge in [0, 0.05) is 6.04 Å². The number of sulfonamides is 1. The first-order chi connectivity index (χ1) is 8.26. The van der Waals surface area contributed by atoms with E-state index in [0.717, 1.165) is 22.2 Å². The first-order valence-electron chi connectivity index (χ1n) is 6.04. The van der Waals surface area contributed by atoms with E-state index in [1.54, 1.807) is 6.07 Å². The second-order valence-electron chi connectivity index (χ2n) is 4.79. The molecular formula is C12H20BrNO2S2. The molecule has 1 heterocycles. The van der Waals surface area contributed by atoms with Gasteiger partial charge in [0.25, 0.3) is 0 Å². The summed E-state index contributed by atoms with van der Waals surface area (Å²) in [6.45, 7) is 8.06. The summed E-state index contributed by atoms with van der Waals surface area (Å²) in [5.41, 5.74) is 0.954. The Kier molecular flexibility index (Phi) is 5.83. The van der Waals surface area contributed by atoms with Crippen molar-refractivity contribution in [3.05, 3.63) is 15.4 Å². The van der Waals surface area contributed by atoms with Crippen molar-refractivity contribution >= 4 is 37.3 Å². The molecule has 1 aromatic rings. The Hall–Kier alpha value is 0.0900. The van der Waals surface area contributed by atoms with Crippen LogP contribution in [-0.4, -0.2) is 14.5 Å². The van der Waals surface area contributed by atoms with Crippen LogP contribution in [0.2, 0.25) is 0 Å². The van der Waals surface area contributed by atoms with E-state index >= 15 is 0 Å². The minimum absolute atomic E-state index is 0.0360. The third-order valence-electron chi connectivity index (χ3n) is 2.91. The highest BCUT2D eigenvalue weighted by atomic mass is 79.9. The minimum Gasteiger partial charge on any atom is -0.208 e. The number of nitrogens with one attached hydrogen (secondary N) is 1. The van der Waals surface area contributed by atoms with E-state index in [1.165, 1.54) is 11.3 Å². The van der Waals surface area contributed by atoms with Crippen LogP contribution in [0.15, 0.2) is 14.1 Å². The van der Waals surface area contributed by atoms with Crippen molar-refractivity contribution in [1.29, 1.82) is 0 Å². The Morgan fingerprint density at radius 1 is 1.44 bits per heavy atom. The van der Waals surface area contributed by atoms with Crippen molar-refractivity contribution in [3.63, 3.8) is 0 Å². The molecule has 0 saturated heterocycles. The second kappa shape index (κ2) is 6.50. The number of hydrogen-bond donors (Lipinski definition) is 1. The van der Waals surface area contributed by atoms with Crippen LogP contribution in [0, 0.1) is 12.8 Å². The molecule has 2 atom stereocenters. The predicted molar refractivity (Wildman–Crippen MR) is 80.6 cm³/mol. The molecule has 0 bridgehead atoms. The molecule has 1 N–H and O–H groups in total. The number of hydrogen-bond acceptors (Lipinski definition) is 3. The fraction of sp³-hybridized carbons (Fsp3) is 0.667. The van der Waals surface area contributed by atoms with Crippen LogP contribution in [0.5, 0.6) is 0 Å². The number of halogens is 1. The molecule has 104 valence electrons. The second-order valence-corrected chi connectivity index (χ2v) is 9.10. The fourth-order valence-electron chi connectivity index (χ4n) is 1.71. The summed E-state index contributed by atoms with van der Waals surface area (Å²) in [7, 11) is -3.38. The van der Waals surface area contributed by atoms with Crippen molar-refractivity contribution < 1.29 is 8.42 Å². The minimum atomic E-state index is -3.38. The predicted octanol–water partition coefficient (Wildman–Crippen LogP) is 3.92. The summed E-state index contributed by atoms with van der Waals surface area (Å²) in [6, 6.07) is 1.67. The third kappa shape index (κ3) is 4.33. The van der Waals surface area contributed by atoms with Gasteiger partial charge in [-0.15, -0.1) is 11.3 Å². The Morgan fingerprint density at radius 3 is 2.50 bits per heavy atom. The maximum Gasteiger partial charge on any atom is 0.250 e. The van der Waals surface area contributed by atoms with Gasteiger partial charge in [-0.1, -0.05) is 20.3 Å². The molecule has 2 unspecified atom stereocenters.